The summed E-state index contributed by atoms with van der Waals surface area (Å²) in [5, 5.41) is 4.28. The molecule has 0 aliphatic heterocycles. The van der Waals surface area contributed by atoms with E-state index in [4.69, 9.17) is 14.2 Å². The zero-order valence-electron chi connectivity index (χ0n) is 16.4. The van der Waals surface area contributed by atoms with E-state index in [1.807, 2.05) is 29.1 Å². The Hall–Kier alpha value is -3.06. The van der Waals surface area contributed by atoms with E-state index < -0.39 is 0 Å². The summed E-state index contributed by atoms with van der Waals surface area (Å²) in [5.41, 5.74) is 2.28. The second kappa shape index (κ2) is 9.43. The molecule has 0 spiro atoms. The van der Waals surface area contributed by atoms with E-state index in [0.717, 1.165) is 21.3 Å². The Bertz CT molecular complexity index is 1040. The number of ketones is 1. The molecule has 0 aliphatic rings. The molecule has 6 nitrogen and oxygen atoms in total. The molecule has 1 aromatic heterocycles. The number of rotatable bonds is 8. The van der Waals surface area contributed by atoms with Crippen LogP contribution in [0.5, 0.6) is 17.2 Å². The molecule has 3 rings (SSSR count). The summed E-state index contributed by atoms with van der Waals surface area (Å²) in [4.78, 5) is 12.7. The van der Waals surface area contributed by atoms with E-state index in [0.29, 0.717) is 23.6 Å². The number of benzene rings is 2. The maximum absolute atomic E-state index is 12.7. The number of carbonyl (C=O) groups excluding carboxylic acids is 1. The molecule has 0 aliphatic carbocycles. The molecular formula is C22H21BrN2O4. The van der Waals surface area contributed by atoms with Crippen molar-refractivity contribution in [2.24, 2.45) is 0 Å². The topological polar surface area (TPSA) is 62.6 Å². The number of allylic oxidation sites excluding steroid dienone is 1. The van der Waals surface area contributed by atoms with Crippen molar-refractivity contribution in [3.05, 3.63) is 76.0 Å². The Balaban J connectivity index is 1.85. The number of hydrogen-bond donors (Lipinski definition) is 0. The first-order valence-electron chi connectivity index (χ1n) is 8.83. The van der Waals surface area contributed by atoms with E-state index in [9.17, 15) is 4.79 Å². The van der Waals surface area contributed by atoms with Crippen LogP contribution in [0.2, 0.25) is 0 Å². The van der Waals surface area contributed by atoms with E-state index in [1.165, 1.54) is 13.2 Å². The van der Waals surface area contributed by atoms with Gasteiger partial charge in [0.1, 0.15) is 17.2 Å². The quantitative estimate of drug-likeness (QED) is 0.365. The van der Waals surface area contributed by atoms with Gasteiger partial charge in [-0.1, -0.05) is 12.1 Å². The largest absolute Gasteiger partial charge is 0.497 e. The van der Waals surface area contributed by atoms with Gasteiger partial charge in [-0.2, -0.15) is 5.10 Å². The first kappa shape index (κ1) is 20.7. The third-order valence-corrected chi connectivity index (χ3v) is 4.75. The molecule has 0 bridgehead atoms. The Morgan fingerprint density at radius 1 is 1.07 bits per heavy atom. The maximum atomic E-state index is 12.7. The summed E-state index contributed by atoms with van der Waals surface area (Å²) in [5.74, 6) is 1.68. The van der Waals surface area contributed by atoms with Crippen LogP contribution in [0.25, 0.3) is 6.08 Å². The molecule has 0 amide bonds. The van der Waals surface area contributed by atoms with Crippen molar-refractivity contribution in [2.45, 2.75) is 6.54 Å². The molecule has 0 fully saturated rings. The maximum Gasteiger partial charge on any atom is 0.189 e. The fourth-order valence-corrected chi connectivity index (χ4v) is 3.22. The molecule has 0 saturated carbocycles. The lowest BCUT2D eigenvalue weighted by molar-refractivity contribution is 0.104. The fourth-order valence-electron chi connectivity index (χ4n) is 2.89. The van der Waals surface area contributed by atoms with Crippen molar-refractivity contribution in [2.75, 3.05) is 21.3 Å². The van der Waals surface area contributed by atoms with Crippen molar-refractivity contribution in [3.63, 3.8) is 0 Å². The predicted octanol–water partition coefficient (Wildman–Crippen LogP) is 4.62. The molecular weight excluding hydrogens is 436 g/mol. The second-order valence-corrected chi connectivity index (χ2v) is 7.11. The molecule has 2 aromatic carbocycles. The van der Waals surface area contributed by atoms with Gasteiger partial charge in [-0.25, -0.2) is 0 Å². The van der Waals surface area contributed by atoms with Crippen LogP contribution in [-0.4, -0.2) is 36.9 Å². The third-order valence-electron chi connectivity index (χ3n) is 4.34. The number of aromatic nitrogens is 2. The van der Waals surface area contributed by atoms with Crippen LogP contribution >= 0.6 is 15.9 Å². The lowest BCUT2D eigenvalue weighted by Gasteiger charge is -2.10. The summed E-state index contributed by atoms with van der Waals surface area (Å²) < 4.78 is 18.7. The van der Waals surface area contributed by atoms with Gasteiger partial charge in [-0.05, 0) is 57.9 Å². The van der Waals surface area contributed by atoms with Crippen LogP contribution in [0.15, 0.2) is 59.3 Å². The number of methoxy groups -OCH3 is 3. The van der Waals surface area contributed by atoms with Gasteiger partial charge in [0.25, 0.3) is 0 Å². The molecule has 0 atom stereocenters. The van der Waals surface area contributed by atoms with E-state index in [1.54, 1.807) is 44.7 Å². The molecule has 0 saturated heterocycles. The lowest BCUT2D eigenvalue weighted by Crippen LogP contribution is -2.02. The van der Waals surface area contributed by atoms with Gasteiger partial charge in [0, 0.05) is 11.8 Å². The van der Waals surface area contributed by atoms with Crippen molar-refractivity contribution >= 4 is 27.8 Å². The summed E-state index contributed by atoms with van der Waals surface area (Å²) >= 11 is 3.40. The Morgan fingerprint density at radius 2 is 1.83 bits per heavy atom. The SMILES string of the molecule is COc1ccc(OC)c(C(=O)/C=C/c2ccc(OC)c(Cn3cc(Br)cn3)c2)c1. The summed E-state index contributed by atoms with van der Waals surface area (Å²) in [7, 11) is 4.72. The zero-order chi connectivity index (χ0) is 20.8. The van der Waals surface area contributed by atoms with Gasteiger partial charge in [0.15, 0.2) is 5.78 Å². The third kappa shape index (κ3) is 5.06. The smallest absolute Gasteiger partial charge is 0.189 e. The van der Waals surface area contributed by atoms with Crippen LogP contribution in [0.4, 0.5) is 0 Å². The van der Waals surface area contributed by atoms with Crippen molar-refractivity contribution in [3.8, 4) is 17.2 Å². The van der Waals surface area contributed by atoms with Crippen LogP contribution < -0.4 is 14.2 Å². The van der Waals surface area contributed by atoms with E-state index in [2.05, 4.69) is 21.0 Å². The van der Waals surface area contributed by atoms with E-state index >= 15 is 0 Å². The van der Waals surface area contributed by atoms with Gasteiger partial charge in [-0.3, -0.25) is 9.48 Å². The molecule has 3 aromatic rings. The van der Waals surface area contributed by atoms with Crippen LogP contribution in [0, 0.1) is 0 Å². The molecule has 29 heavy (non-hydrogen) atoms. The highest BCUT2D eigenvalue weighted by molar-refractivity contribution is 9.10. The first-order chi connectivity index (χ1) is 14.0. The molecule has 7 heteroatoms. The minimum absolute atomic E-state index is 0.172. The van der Waals surface area contributed by atoms with Crippen LogP contribution in [-0.2, 0) is 6.54 Å². The molecule has 1 heterocycles. The highest BCUT2D eigenvalue weighted by atomic mass is 79.9. The highest BCUT2D eigenvalue weighted by Crippen LogP contribution is 2.26. The Labute approximate surface area is 177 Å². The first-order valence-corrected chi connectivity index (χ1v) is 9.62. The van der Waals surface area contributed by atoms with Gasteiger partial charge in [-0.15, -0.1) is 0 Å². The van der Waals surface area contributed by atoms with Gasteiger partial charge >= 0.3 is 0 Å². The van der Waals surface area contributed by atoms with E-state index in [-0.39, 0.29) is 5.78 Å². The minimum atomic E-state index is -0.172. The summed E-state index contributed by atoms with van der Waals surface area (Å²) in [6.45, 7) is 0.550. The van der Waals surface area contributed by atoms with Crippen molar-refractivity contribution in [1.82, 2.24) is 9.78 Å². The normalized spacial score (nSPS) is 10.9. The number of hydrogen-bond acceptors (Lipinski definition) is 5. The average molecular weight is 457 g/mol. The van der Waals surface area contributed by atoms with Gasteiger partial charge in [0.2, 0.25) is 0 Å². The van der Waals surface area contributed by atoms with Crippen molar-refractivity contribution in [1.29, 1.82) is 0 Å². The number of nitrogens with zero attached hydrogens (tertiary/aromatic N) is 2. The van der Waals surface area contributed by atoms with Crippen molar-refractivity contribution < 1.29 is 19.0 Å². The molecule has 150 valence electrons. The fraction of sp³-hybridized carbons (Fsp3) is 0.182. The minimum Gasteiger partial charge on any atom is -0.497 e. The zero-order valence-corrected chi connectivity index (χ0v) is 18.0. The standard InChI is InChI=1S/C22H21BrN2O4/c1-27-18-6-9-22(29-3)19(11-18)20(26)7-4-15-5-8-21(28-2)16(10-15)13-25-14-17(23)12-24-25/h4-12,14H,13H2,1-3H3/b7-4+. The van der Waals surface area contributed by atoms with Gasteiger partial charge in [0.05, 0.1) is 44.1 Å². The predicted molar refractivity (Wildman–Crippen MR) is 115 cm³/mol. The highest BCUT2D eigenvalue weighted by Gasteiger charge is 2.12. The number of halogens is 1. The molecule has 0 N–H and O–H groups in total. The summed E-state index contributed by atoms with van der Waals surface area (Å²) in [6, 6.07) is 10.9. The molecule has 0 unspecified atom stereocenters. The summed E-state index contributed by atoms with van der Waals surface area (Å²) in [6.07, 6.45) is 6.91. The lowest BCUT2D eigenvalue weighted by atomic mass is 10.1. The average Bonchev–Trinajstić information content (AvgIpc) is 3.16. The number of carbonyl (C=O) groups is 1. The second-order valence-electron chi connectivity index (χ2n) is 6.19. The monoisotopic (exact) mass is 456 g/mol. The van der Waals surface area contributed by atoms with Crippen LogP contribution in [0.1, 0.15) is 21.5 Å². The molecule has 0 radical (unpaired) electrons. The Morgan fingerprint density at radius 3 is 2.48 bits per heavy atom. The van der Waals surface area contributed by atoms with Crippen LogP contribution in [0.3, 0.4) is 0 Å². The Kier molecular flexibility index (Phi) is 6.72. The number of ether oxygens (including phenoxy) is 3. The van der Waals surface area contributed by atoms with Gasteiger partial charge < -0.3 is 14.2 Å².